The molecule has 19 heavy (non-hydrogen) atoms. The number of hydrogen-bond acceptors (Lipinski definition) is 2. The molecule has 100 valence electrons. The summed E-state index contributed by atoms with van der Waals surface area (Å²) in [5.41, 5.74) is 2.62. The number of nitrogens with zero attached hydrogens (tertiary/aromatic N) is 1. The minimum Gasteiger partial charge on any atom is -0.485 e. The number of carbonyl (C=O) groups is 1. The summed E-state index contributed by atoms with van der Waals surface area (Å²) < 4.78 is 20.0. The van der Waals surface area contributed by atoms with E-state index >= 15 is 0 Å². The second kappa shape index (κ2) is 5.26. The Balaban J connectivity index is 2.05. The average Bonchev–Trinajstić information content (AvgIpc) is 2.65. The lowest BCUT2D eigenvalue weighted by atomic mass is 10.1. The van der Waals surface area contributed by atoms with E-state index in [-0.39, 0.29) is 18.2 Å². The summed E-state index contributed by atoms with van der Waals surface area (Å²) in [6.45, 7) is 3.80. The van der Waals surface area contributed by atoms with Crippen LogP contribution < -0.4 is 4.74 Å². The summed E-state index contributed by atoms with van der Waals surface area (Å²) in [6.07, 6.45) is 0. The monoisotopic (exact) mass is 261 g/mol. The molecule has 1 aromatic carbocycles. The third-order valence-electron chi connectivity index (χ3n) is 3.26. The fourth-order valence-corrected chi connectivity index (χ4v) is 1.90. The molecule has 0 saturated carbocycles. The molecule has 1 aromatic heterocycles. The first kappa shape index (κ1) is 13.3. The maximum atomic E-state index is 12.7. The third kappa shape index (κ3) is 2.84. The van der Waals surface area contributed by atoms with E-state index in [2.05, 4.69) is 0 Å². The number of ether oxygens (including phenoxy) is 1. The Morgan fingerprint density at radius 3 is 2.42 bits per heavy atom. The number of halogens is 1. The number of rotatable bonds is 4. The molecule has 0 unspecified atom stereocenters. The molecule has 0 amide bonds. The van der Waals surface area contributed by atoms with E-state index in [1.54, 1.807) is 0 Å². The average molecular weight is 261 g/mol. The van der Waals surface area contributed by atoms with Gasteiger partial charge in [0.25, 0.3) is 0 Å². The summed E-state index contributed by atoms with van der Waals surface area (Å²) in [5.74, 6) is 0.0822. The van der Waals surface area contributed by atoms with Gasteiger partial charge >= 0.3 is 0 Å². The Kier molecular flexibility index (Phi) is 3.69. The zero-order valence-corrected chi connectivity index (χ0v) is 11.2. The minimum atomic E-state index is -0.326. The van der Waals surface area contributed by atoms with E-state index in [4.69, 9.17) is 4.74 Å². The molecule has 0 aliphatic rings. The molecule has 0 bridgehead atoms. The Morgan fingerprint density at radius 2 is 1.89 bits per heavy atom. The normalized spacial score (nSPS) is 10.5. The molecular formula is C15H16FNO2. The predicted octanol–water partition coefficient (Wildman–Crippen LogP) is 3.04. The summed E-state index contributed by atoms with van der Waals surface area (Å²) in [4.78, 5) is 12.1. The van der Waals surface area contributed by atoms with Crippen LogP contribution in [0.1, 0.15) is 21.7 Å². The van der Waals surface area contributed by atoms with E-state index in [9.17, 15) is 9.18 Å². The number of Topliss-reactive ketones (excluding diaryl/α,β-unsaturated/α-hetero) is 1. The van der Waals surface area contributed by atoms with E-state index in [0.717, 1.165) is 11.4 Å². The molecule has 0 radical (unpaired) electrons. The maximum absolute atomic E-state index is 12.7. The van der Waals surface area contributed by atoms with Crippen molar-refractivity contribution in [3.8, 4) is 5.75 Å². The smallest absolute Gasteiger partial charge is 0.202 e. The molecule has 0 fully saturated rings. The minimum absolute atomic E-state index is 0.0457. The topological polar surface area (TPSA) is 31.2 Å². The van der Waals surface area contributed by atoms with Crippen LogP contribution in [0.5, 0.6) is 5.75 Å². The lowest BCUT2D eigenvalue weighted by Crippen LogP contribution is -2.12. The van der Waals surface area contributed by atoms with Gasteiger partial charge in [-0.05, 0) is 44.2 Å². The highest BCUT2D eigenvalue weighted by Gasteiger charge is 2.14. The molecule has 0 aliphatic carbocycles. The van der Waals surface area contributed by atoms with Gasteiger partial charge in [-0.1, -0.05) is 0 Å². The Hall–Kier alpha value is -2.10. The summed E-state index contributed by atoms with van der Waals surface area (Å²) in [5, 5.41) is 0. The van der Waals surface area contributed by atoms with Crippen LogP contribution in [0.4, 0.5) is 4.39 Å². The van der Waals surface area contributed by atoms with Crippen LogP contribution in [0.25, 0.3) is 0 Å². The molecule has 0 aliphatic heterocycles. The maximum Gasteiger partial charge on any atom is 0.202 e. The predicted molar refractivity (Wildman–Crippen MR) is 71.1 cm³/mol. The van der Waals surface area contributed by atoms with Crippen molar-refractivity contribution in [2.24, 2.45) is 7.05 Å². The first-order valence-electron chi connectivity index (χ1n) is 6.03. The van der Waals surface area contributed by atoms with Crippen molar-refractivity contribution in [3.05, 3.63) is 53.1 Å². The molecule has 2 rings (SSSR count). The van der Waals surface area contributed by atoms with Crippen molar-refractivity contribution < 1.29 is 13.9 Å². The molecular weight excluding hydrogens is 245 g/mol. The lowest BCUT2D eigenvalue weighted by Gasteiger charge is -2.05. The number of aromatic nitrogens is 1. The highest BCUT2D eigenvalue weighted by atomic mass is 19.1. The van der Waals surface area contributed by atoms with Gasteiger partial charge in [0.1, 0.15) is 11.6 Å². The molecule has 0 spiro atoms. The van der Waals surface area contributed by atoms with Crippen LogP contribution in [0.15, 0.2) is 30.3 Å². The van der Waals surface area contributed by atoms with Crippen LogP contribution in [0, 0.1) is 19.7 Å². The van der Waals surface area contributed by atoms with Gasteiger partial charge in [0.2, 0.25) is 5.78 Å². The quantitative estimate of drug-likeness (QED) is 0.792. The fraction of sp³-hybridized carbons (Fsp3) is 0.267. The fourth-order valence-electron chi connectivity index (χ4n) is 1.90. The second-order valence-corrected chi connectivity index (χ2v) is 4.51. The van der Waals surface area contributed by atoms with Crippen molar-refractivity contribution in [3.63, 3.8) is 0 Å². The van der Waals surface area contributed by atoms with Gasteiger partial charge in [-0.25, -0.2) is 4.39 Å². The van der Waals surface area contributed by atoms with Crippen molar-refractivity contribution in [2.45, 2.75) is 13.8 Å². The van der Waals surface area contributed by atoms with Crippen LogP contribution in [-0.4, -0.2) is 17.0 Å². The highest BCUT2D eigenvalue weighted by molar-refractivity contribution is 5.98. The second-order valence-electron chi connectivity index (χ2n) is 4.51. The molecule has 2 aromatic rings. The molecule has 4 heteroatoms. The summed E-state index contributed by atoms with van der Waals surface area (Å²) in [6, 6.07) is 7.47. The Morgan fingerprint density at radius 1 is 1.26 bits per heavy atom. The number of aryl methyl sites for hydroxylation is 1. The molecule has 1 heterocycles. The standard InChI is InChI=1S/C15H16FNO2/c1-10-8-14(11(2)17(10)3)15(18)9-19-13-6-4-12(16)5-7-13/h4-8H,9H2,1-3H3. The summed E-state index contributed by atoms with van der Waals surface area (Å²) >= 11 is 0. The molecule has 0 saturated heterocycles. The first-order chi connectivity index (χ1) is 8.99. The largest absolute Gasteiger partial charge is 0.485 e. The van der Waals surface area contributed by atoms with Crippen molar-refractivity contribution >= 4 is 5.78 Å². The number of benzene rings is 1. The molecule has 0 N–H and O–H groups in total. The van der Waals surface area contributed by atoms with Crippen LogP contribution in [-0.2, 0) is 7.05 Å². The van der Waals surface area contributed by atoms with E-state index in [1.807, 2.05) is 31.5 Å². The van der Waals surface area contributed by atoms with Crippen LogP contribution in [0.3, 0.4) is 0 Å². The van der Waals surface area contributed by atoms with Crippen LogP contribution in [0.2, 0.25) is 0 Å². The number of ketones is 1. The van der Waals surface area contributed by atoms with Crippen LogP contribution >= 0.6 is 0 Å². The van der Waals surface area contributed by atoms with Gasteiger partial charge in [0.15, 0.2) is 6.61 Å². The lowest BCUT2D eigenvalue weighted by molar-refractivity contribution is 0.0921. The van der Waals surface area contributed by atoms with E-state index < -0.39 is 0 Å². The SMILES string of the molecule is Cc1cc(C(=O)COc2ccc(F)cc2)c(C)n1C. The summed E-state index contributed by atoms with van der Waals surface area (Å²) in [7, 11) is 1.92. The highest BCUT2D eigenvalue weighted by Crippen LogP contribution is 2.15. The van der Waals surface area contributed by atoms with E-state index in [1.165, 1.54) is 24.3 Å². The van der Waals surface area contributed by atoms with Gasteiger partial charge in [-0.2, -0.15) is 0 Å². The molecule has 3 nitrogen and oxygen atoms in total. The Labute approximate surface area is 111 Å². The molecule has 0 atom stereocenters. The van der Waals surface area contributed by atoms with Gasteiger partial charge in [-0.3, -0.25) is 4.79 Å². The van der Waals surface area contributed by atoms with E-state index in [0.29, 0.717) is 11.3 Å². The first-order valence-corrected chi connectivity index (χ1v) is 6.03. The van der Waals surface area contributed by atoms with Crippen molar-refractivity contribution in [2.75, 3.05) is 6.61 Å². The third-order valence-corrected chi connectivity index (χ3v) is 3.26. The van der Waals surface area contributed by atoms with Gasteiger partial charge in [0.05, 0.1) is 0 Å². The van der Waals surface area contributed by atoms with Crippen molar-refractivity contribution in [1.82, 2.24) is 4.57 Å². The van der Waals surface area contributed by atoms with Crippen molar-refractivity contribution in [1.29, 1.82) is 0 Å². The number of hydrogen-bond donors (Lipinski definition) is 0. The zero-order chi connectivity index (χ0) is 14.0. The van der Waals surface area contributed by atoms with Gasteiger partial charge < -0.3 is 9.30 Å². The Bertz CT molecular complexity index is 599. The van der Waals surface area contributed by atoms with Gasteiger partial charge in [0, 0.05) is 24.0 Å². The van der Waals surface area contributed by atoms with Gasteiger partial charge in [-0.15, -0.1) is 0 Å². The number of carbonyl (C=O) groups excluding carboxylic acids is 1. The zero-order valence-electron chi connectivity index (χ0n) is 11.2.